The standard InChI is InChI=1S/C62H40N2O2/c1-2-15-47(16-3-1)63(48-33-31-41(32-34-48)43-27-28-45-40-46(30-29-44(45)39-43)52-20-10-14-42-13-4-5-17-51(42)52)49-35-37-50(38-36-49)64(55-21-11-25-59-61(55)53-18-6-8-23-57(53)65-59)56-22-12-26-60-62(56)54-19-7-9-24-58(54)66-60/h1-40H. The van der Waals surface area contributed by atoms with Crippen molar-refractivity contribution in [2.75, 3.05) is 9.80 Å². The molecule has 2 heterocycles. The molecular weight excluding hydrogens is 805 g/mol. The van der Waals surface area contributed by atoms with Gasteiger partial charge in [-0.2, -0.15) is 0 Å². The van der Waals surface area contributed by atoms with Crippen molar-refractivity contribution >= 4 is 99.5 Å². The fourth-order valence-corrected chi connectivity index (χ4v) is 9.94. The lowest BCUT2D eigenvalue weighted by Gasteiger charge is -2.29. The molecule has 11 aromatic carbocycles. The summed E-state index contributed by atoms with van der Waals surface area (Å²) in [5, 5.41) is 9.23. The van der Waals surface area contributed by atoms with Gasteiger partial charge in [0.1, 0.15) is 22.3 Å². The molecule has 0 spiro atoms. The zero-order valence-corrected chi connectivity index (χ0v) is 35.8. The lowest BCUT2D eigenvalue weighted by atomic mass is 9.95. The summed E-state index contributed by atoms with van der Waals surface area (Å²) < 4.78 is 12.9. The van der Waals surface area contributed by atoms with Gasteiger partial charge < -0.3 is 18.6 Å². The Labute approximate surface area is 381 Å². The average molecular weight is 845 g/mol. The summed E-state index contributed by atoms with van der Waals surface area (Å²) >= 11 is 0. The fourth-order valence-electron chi connectivity index (χ4n) is 9.94. The van der Waals surface area contributed by atoms with Crippen molar-refractivity contribution in [3.8, 4) is 22.3 Å². The second-order valence-electron chi connectivity index (χ2n) is 16.9. The Bertz CT molecular complexity index is 3820. The summed E-state index contributed by atoms with van der Waals surface area (Å²) in [6.07, 6.45) is 0. The van der Waals surface area contributed by atoms with E-state index in [0.717, 1.165) is 78.0 Å². The molecule has 4 nitrogen and oxygen atoms in total. The van der Waals surface area contributed by atoms with Crippen LogP contribution in [0.5, 0.6) is 0 Å². The van der Waals surface area contributed by atoms with Crippen LogP contribution in [0.1, 0.15) is 0 Å². The Morgan fingerprint density at radius 3 is 1.33 bits per heavy atom. The highest BCUT2D eigenvalue weighted by Gasteiger charge is 2.24. The van der Waals surface area contributed by atoms with E-state index in [9.17, 15) is 0 Å². The molecule has 0 saturated carbocycles. The van der Waals surface area contributed by atoms with Crippen molar-refractivity contribution in [3.63, 3.8) is 0 Å². The van der Waals surface area contributed by atoms with E-state index in [2.05, 4.69) is 228 Å². The SMILES string of the molecule is c1ccc(N(c2ccc(-c3ccc4cc(-c5cccc6ccccc56)ccc4c3)cc2)c2ccc(N(c3cccc4oc5ccccc5c34)c3cccc4oc5ccccc5c34)cc2)cc1. The maximum Gasteiger partial charge on any atom is 0.137 e. The summed E-state index contributed by atoms with van der Waals surface area (Å²) in [4.78, 5) is 4.68. The van der Waals surface area contributed by atoms with E-state index in [-0.39, 0.29) is 0 Å². The third-order valence-electron chi connectivity index (χ3n) is 13.0. The van der Waals surface area contributed by atoms with Crippen LogP contribution in [0, 0.1) is 0 Å². The number of rotatable bonds is 8. The Morgan fingerprint density at radius 2 is 0.697 bits per heavy atom. The van der Waals surface area contributed by atoms with Crippen LogP contribution in [0.15, 0.2) is 251 Å². The van der Waals surface area contributed by atoms with Crippen molar-refractivity contribution in [2.24, 2.45) is 0 Å². The Kier molecular flexibility index (Phi) is 8.81. The van der Waals surface area contributed by atoms with Crippen LogP contribution in [0.25, 0.3) is 87.7 Å². The first-order valence-corrected chi connectivity index (χ1v) is 22.4. The van der Waals surface area contributed by atoms with E-state index < -0.39 is 0 Å². The number of nitrogens with zero attached hydrogens (tertiary/aromatic N) is 2. The number of furan rings is 2. The largest absolute Gasteiger partial charge is 0.456 e. The molecule has 0 N–H and O–H groups in total. The van der Waals surface area contributed by atoms with E-state index in [1.807, 2.05) is 24.3 Å². The minimum atomic E-state index is 0.841. The average Bonchev–Trinajstić information content (AvgIpc) is 3.97. The number of anilines is 6. The first-order valence-electron chi connectivity index (χ1n) is 22.4. The molecule has 66 heavy (non-hydrogen) atoms. The number of hydrogen-bond donors (Lipinski definition) is 0. The maximum atomic E-state index is 6.44. The zero-order valence-electron chi connectivity index (χ0n) is 35.8. The van der Waals surface area contributed by atoms with Crippen molar-refractivity contribution in [1.29, 1.82) is 0 Å². The van der Waals surface area contributed by atoms with Gasteiger partial charge in [0.05, 0.1) is 22.1 Å². The van der Waals surface area contributed by atoms with Crippen LogP contribution >= 0.6 is 0 Å². The third kappa shape index (κ3) is 6.30. The van der Waals surface area contributed by atoms with Crippen LogP contribution < -0.4 is 9.80 Å². The van der Waals surface area contributed by atoms with E-state index in [1.54, 1.807) is 0 Å². The first kappa shape index (κ1) is 37.7. The van der Waals surface area contributed by atoms with E-state index >= 15 is 0 Å². The number of fused-ring (bicyclic) bond motifs is 8. The van der Waals surface area contributed by atoms with Crippen LogP contribution in [0.3, 0.4) is 0 Å². The molecule has 0 aliphatic rings. The minimum Gasteiger partial charge on any atom is -0.456 e. The molecule has 2 aromatic heterocycles. The molecule has 4 heteroatoms. The van der Waals surface area contributed by atoms with E-state index in [1.165, 1.54) is 43.8 Å². The third-order valence-corrected chi connectivity index (χ3v) is 13.0. The number of hydrogen-bond acceptors (Lipinski definition) is 4. The van der Waals surface area contributed by atoms with E-state index in [0.29, 0.717) is 0 Å². The molecule has 0 unspecified atom stereocenters. The molecule has 0 fully saturated rings. The van der Waals surface area contributed by atoms with Gasteiger partial charge in [-0.15, -0.1) is 0 Å². The summed E-state index contributed by atoms with van der Waals surface area (Å²) in [6.45, 7) is 0. The predicted molar refractivity (Wildman–Crippen MR) is 276 cm³/mol. The fraction of sp³-hybridized carbons (Fsp3) is 0. The molecular formula is C62H40N2O2. The molecule has 0 saturated heterocycles. The van der Waals surface area contributed by atoms with Gasteiger partial charge in [-0.25, -0.2) is 0 Å². The highest BCUT2D eigenvalue weighted by molar-refractivity contribution is 6.18. The number of para-hydroxylation sites is 3. The Balaban J connectivity index is 0.886. The zero-order chi connectivity index (χ0) is 43.6. The molecule has 0 radical (unpaired) electrons. The van der Waals surface area contributed by atoms with E-state index in [4.69, 9.17) is 8.83 Å². The molecule has 13 rings (SSSR count). The number of benzene rings is 11. The van der Waals surface area contributed by atoms with Crippen LogP contribution in [-0.4, -0.2) is 0 Å². The summed E-state index contributed by atoms with van der Waals surface area (Å²) in [7, 11) is 0. The molecule has 0 atom stereocenters. The molecule has 310 valence electrons. The maximum absolute atomic E-state index is 6.44. The topological polar surface area (TPSA) is 32.8 Å². The molecule has 0 bridgehead atoms. The van der Waals surface area contributed by atoms with Gasteiger partial charge in [0.25, 0.3) is 0 Å². The minimum absolute atomic E-state index is 0.841. The van der Waals surface area contributed by atoms with Crippen molar-refractivity contribution in [1.82, 2.24) is 0 Å². The molecule has 13 aromatic rings. The van der Waals surface area contributed by atoms with Crippen molar-refractivity contribution < 1.29 is 8.83 Å². The second-order valence-corrected chi connectivity index (χ2v) is 16.9. The van der Waals surface area contributed by atoms with Crippen molar-refractivity contribution in [2.45, 2.75) is 0 Å². The second kappa shape index (κ2) is 15.4. The normalized spacial score (nSPS) is 11.6. The quantitative estimate of drug-likeness (QED) is 0.153. The molecule has 0 amide bonds. The highest BCUT2D eigenvalue weighted by atomic mass is 16.3. The van der Waals surface area contributed by atoms with Crippen LogP contribution in [0.4, 0.5) is 34.1 Å². The monoisotopic (exact) mass is 844 g/mol. The first-order chi connectivity index (χ1) is 32.7. The highest BCUT2D eigenvalue weighted by Crippen LogP contribution is 2.48. The molecule has 0 aliphatic heterocycles. The van der Waals surface area contributed by atoms with Gasteiger partial charge in [0.15, 0.2) is 0 Å². The van der Waals surface area contributed by atoms with Crippen molar-refractivity contribution in [3.05, 3.63) is 243 Å². The van der Waals surface area contributed by atoms with Crippen LogP contribution in [0.2, 0.25) is 0 Å². The van der Waals surface area contributed by atoms with Gasteiger partial charge in [-0.1, -0.05) is 146 Å². The van der Waals surface area contributed by atoms with Crippen LogP contribution in [-0.2, 0) is 0 Å². The van der Waals surface area contributed by atoms with Gasteiger partial charge >= 0.3 is 0 Å². The van der Waals surface area contributed by atoms with Gasteiger partial charge in [0, 0.05) is 33.5 Å². The summed E-state index contributed by atoms with van der Waals surface area (Å²) in [5.74, 6) is 0. The lowest BCUT2D eigenvalue weighted by molar-refractivity contribution is 0.668. The summed E-state index contributed by atoms with van der Waals surface area (Å²) in [5.41, 5.74) is 14.5. The summed E-state index contributed by atoms with van der Waals surface area (Å²) in [6, 6.07) is 86.4. The van der Waals surface area contributed by atoms with Gasteiger partial charge in [-0.3, -0.25) is 0 Å². The Hall–Kier alpha value is -8.86. The van der Waals surface area contributed by atoms with Gasteiger partial charge in [0.2, 0.25) is 0 Å². The van der Waals surface area contributed by atoms with Gasteiger partial charge in [-0.05, 0) is 141 Å². The Morgan fingerprint density at radius 1 is 0.258 bits per heavy atom. The lowest BCUT2D eigenvalue weighted by Crippen LogP contribution is -2.12. The smallest absolute Gasteiger partial charge is 0.137 e. The predicted octanol–water partition coefficient (Wildman–Crippen LogP) is 18.1. The molecule has 0 aliphatic carbocycles.